The third-order valence-electron chi connectivity index (χ3n) is 5.60. The minimum Gasteiger partial charge on any atom is -0.422 e. The summed E-state index contributed by atoms with van der Waals surface area (Å²) in [5, 5.41) is 3.58. The highest BCUT2D eigenvalue weighted by Gasteiger charge is 2.37. The summed E-state index contributed by atoms with van der Waals surface area (Å²) in [4.78, 5) is 15.7. The highest BCUT2D eigenvalue weighted by atomic mass is 16.5. The Morgan fingerprint density at radius 2 is 1.88 bits per heavy atom. The van der Waals surface area contributed by atoms with Crippen LogP contribution in [0, 0.1) is 6.92 Å². The molecule has 0 amide bonds. The van der Waals surface area contributed by atoms with Crippen molar-refractivity contribution in [3.8, 4) is 0 Å². The van der Waals surface area contributed by atoms with Gasteiger partial charge in [0.15, 0.2) is 17.2 Å². The van der Waals surface area contributed by atoms with Crippen LogP contribution in [0.2, 0.25) is 0 Å². The average Bonchev–Trinajstić information content (AvgIpc) is 2.87. The fraction of sp³-hybridized carbons (Fsp3) is 0.722. The van der Waals surface area contributed by atoms with E-state index in [2.05, 4.69) is 25.2 Å². The van der Waals surface area contributed by atoms with E-state index < -0.39 is 0 Å². The van der Waals surface area contributed by atoms with Gasteiger partial charge in [-0.3, -0.25) is 4.90 Å². The minimum atomic E-state index is 0.177. The van der Waals surface area contributed by atoms with Gasteiger partial charge in [-0.05, 0) is 12.8 Å². The number of hydrogen-bond donors (Lipinski definition) is 1. The van der Waals surface area contributed by atoms with Gasteiger partial charge in [-0.2, -0.15) is 4.98 Å². The summed E-state index contributed by atoms with van der Waals surface area (Å²) in [7, 11) is 0. The molecule has 3 heterocycles. The van der Waals surface area contributed by atoms with Crippen LogP contribution in [-0.4, -0.2) is 58.2 Å². The summed E-state index contributed by atoms with van der Waals surface area (Å²) in [5.74, 6) is 1.40. The number of aromatic nitrogens is 3. The third kappa shape index (κ3) is 3.48. The van der Waals surface area contributed by atoms with Crippen molar-refractivity contribution in [3.05, 3.63) is 12.2 Å². The molecule has 1 aliphatic heterocycles. The SMILES string of the molecule is Cc1nc2c(NCC3(N4CCOCC4)CCCCCC3)ncnc2o1. The van der Waals surface area contributed by atoms with Gasteiger partial charge in [-0.15, -0.1) is 0 Å². The van der Waals surface area contributed by atoms with E-state index in [1.165, 1.54) is 38.5 Å². The van der Waals surface area contributed by atoms with Gasteiger partial charge >= 0.3 is 0 Å². The molecule has 0 aromatic carbocycles. The number of ether oxygens (including phenoxy) is 1. The number of fused-ring (bicyclic) bond motifs is 1. The van der Waals surface area contributed by atoms with Gasteiger partial charge in [0.1, 0.15) is 6.33 Å². The molecule has 136 valence electrons. The lowest BCUT2D eigenvalue weighted by Crippen LogP contribution is -2.57. The molecule has 0 radical (unpaired) electrons. The normalized spacial score (nSPS) is 22.0. The van der Waals surface area contributed by atoms with Crippen LogP contribution in [-0.2, 0) is 4.74 Å². The molecule has 2 aliphatic rings. The van der Waals surface area contributed by atoms with Gasteiger partial charge in [0.25, 0.3) is 5.71 Å². The molecule has 7 heteroatoms. The van der Waals surface area contributed by atoms with E-state index in [-0.39, 0.29) is 5.54 Å². The number of nitrogens with zero attached hydrogens (tertiary/aromatic N) is 4. The van der Waals surface area contributed by atoms with Crippen LogP contribution in [0.5, 0.6) is 0 Å². The van der Waals surface area contributed by atoms with Gasteiger partial charge in [0.05, 0.1) is 13.2 Å². The molecule has 0 unspecified atom stereocenters. The molecule has 0 spiro atoms. The van der Waals surface area contributed by atoms with E-state index in [4.69, 9.17) is 9.15 Å². The second-order valence-corrected chi connectivity index (χ2v) is 7.20. The first-order valence-corrected chi connectivity index (χ1v) is 9.42. The van der Waals surface area contributed by atoms with E-state index in [1.807, 2.05) is 6.92 Å². The Kier molecular flexibility index (Phi) is 4.85. The second kappa shape index (κ2) is 7.25. The number of hydrogen-bond acceptors (Lipinski definition) is 7. The van der Waals surface area contributed by atoms with Crippen molar-refractivity contribution in [2.24, 2.45) is 0 Å². The Bertz CT molecular complexity index is 703. The van der Waals surface area contributed by atoms with E-state index in [1.54, 1.807) is 6.33 Å². The first kappa shape index (κ1) is 16.7. The minimum absolute atomic E-state index is 0.177. The van der Waals surface area contributed by atoms with E-state index >= 15 is 0 Å². The lowest BCUT2D eigenvalue weighted by molar-refractivity contribution is -0.0240. The van der Waals surface area contributed by atoms with Crippen LogP contribution in [0.15, 0.2) is 10.7 Å². The van der Waals surface area contributed by atoms with Crippen LogP contribution >= 0.6 is 0 Å². The van der Waals surface area contributed by atoms with Crippen molar-refractivity contribution < 1.29 is 9.15 Å². The van der Waals surface area contributed by atoms with Crippen LogP contribution in [0.25, 0.3) is 11.2 Å². The topological polar surface area (TPSA) is 76.3 Å². The average molecular weight is 345 g/mol. The Balaban J connectivity index is 1.57. The van der Waals surface area contributed by atoms with Gasteiger partial charge in [0.2, 0.25) is 0 Å². The van der Waals surface area contributed by atoms with Crippen molar-refractivity contribution in [1.82, 2.24) is 19.9 Å². The lowest BCUT2D eigenvalue weighted by atomic mass is 9.87. The van der Waals surface area contributed by atoms with Crippen molar-refractivity contribution in [2.75, 3.05) is 38.2 Å². The van der Waals surface area contributed by atoms with E-state index in [9.17, 15) is 0 Å². The van der Waals surface area contributed by atoms with Crippen LogP contribution in [0.3, 0.4) is 0 Å². The van der Waals surface area contributed by atoms with Gasteiger partial charge in [-0.1, -0.05) is 25.7 Å². The molecule has 2 aromatic heterocycles. The maximum atomic E-state index is 5.58. The van der Waals surface area contributed by atoms with Gasteiger partial charge < -0.3 is 14.5 Å². The van der Waals surface area contributed by atoms with Crippen molar-refractivity contribution in [2.45, 2.75) is 51.0 Å². The molecule has 7 nitrogen and oxygen atoms in total. The van der Waals surface area contributed by atoms with Gasteiger partial charge in [-0.25, -0.2) is 9.97 Å². The van der Waals surface area contributed by atoms with Gasteiger partial charge in [0, 0.05) is 32.1 Å². The number of morpholine rings is 1. The maximum Gasteiger partial charge on any atom is 0.252 e. The fourth-order valence-electron chi connectivity index (χ4n) is 4.27. The molecule has 25 heavy (non-hydrogen) atoms. The third-order valence-corrected chi connectivity index (χ3v) is 5.60. The highest BCUT2D eigenvalue weighted by molar-refractivity contribution is 5.80. The van der Waals surface area contributed by atoms with Crippen molar-refractivity contribution in [3.63, 3.8) is 0 Å². The highest BCUT2D eigenvalue weighted by Crippen LogP contribution is 2.34. The number of oxazole rings is 1. The van der Waals surface area contributed by atoms with Crippen LogP contribution in [0.4, 0.5) is 5.82 Å². The Morgan fingerprint density at radius 3 is 2.64 bits per heavy atom. The first-order chi connectivity index (χ1) is 12.3. The molecule has 0 atom stereocenters. The Hall–Kier alpha value is -1.73. The zero-order valence-corrected chi connectivity index (χ0v) is 15.0. The largest absolute Gasteiger partial charge is 0.422 e. The molecule has 2 fully saturated rings. The molecular formula is C18H27N5O2. The second-order valence-electron chi connectivity index (χ2n) is 7.20. The predicted octanol–water partition coefficient (Wildman–Crippen LogP) is 2.76. The molecule has 1 aliphatic carbocycles. The zero-order chi connectivity index (χ0) is 17.1. The predicted molar refractivity (Wildman–Crippen MR) is 95.7 cm³/mol. The number of rotatable bonds is 4. The quantitative estimate of drug-likeness (QED) is 0.854. The number of nitrogens with one attached hydrogen (secondary N) is 1. The summed E-state index contributed by atoms with van der Waals surface area (Å²) >= 11 is 0. The van der Waals surface area contributed by atoms with Crippen LogP contribution < -0.4 is 5.32 Å². The Morgan fingerprint density at radius 1 is 1.12 bits per heavy atom. The summed E-state index contributed by atoms with van der Waals surface area (Å²) < 4.78 is 11.1. The molecule has 4 rings (SSSR count). The standard InChI is InChI=1S/C18H27N5O2/c1-14-22-15-16(20-13-21-17(15)25-14)19-12-18(6-4-2-3-5-7-18)23-8-10-24-11-9-23/h13H,2-12H2,1H3,(H,19,20,21). The summed E-state index contributed by atoms with van der Waals surface area (Å²) in [6.45, 7) is 6.43. The summed E-state index contributed by atoms with van der Waals surface area (Å²) in [6.07, 6.45) is 9.27. The first-order valence-electron chi connectivity index (χ1n) is 9.42. The molecule has 1 saturated carbocycles. The number of aryl methyl sites for hydroxylation is 1. The number of anilines is 1. The molecule has 0 bridgehead atoms. The van der Waals surface area contributed by atoms with Crippen LogP contribution in [0.1, 0.15) is 44.4 Å². The summed E-state index contributed by atoms with van der Waals surface area (Å²) in [6, 6.07) is 0. The molecule has 1 saturated heterocycles. The van der Waals surface area contributed by atoms with Crippen molar-refractivity contribution in [1.29, 1.82) is 0 Å². The molecular weight excluding hydrogens is 318 g/mol. The zero-order valence-electron chi connectivity index (χ0n) is 15.0. The molecule has 2 aromatic rings. The van der Waals surface area contributed by atoms with E-state index in [0.29, 0.717) is 11.6 Å². The fourth-order valence-corrected chi connectivity index (χ4v) is 4.27. The van der Waals surface area contributed by atoms with Crippen molar-refractivity contribution >= 4 is 17.0 Å². The van der Waals surface area contributed by atoms with E-state index in [0.717, 1.165) is 44.2 Å². The summed E-state index contributed by atoms with van der Waals surface area (Å²) in [5.41, 5.74) is 1.46. The lowest BCUT2D eigenvalue weighted by Gasteiger charge is -2.46. The Labute approximate surface area is 148 Å². The molecule has 1 N–H and O–H groups in total. The monoisotopic (exact) mass is 345 g/mol. The smallest absolute Gasteiger partial charge is 0.252 e. The maximum absolute atomic E-state index is 5.58.